The first kappa shape index (κ1) is 14.0. The molecule has 7 nitrogen and oxygen atoms in total. The third-order valence-electron chi connectivity index (χ3n) is 3.83. The van der Waals surface area contributed by atoms with E-state index in [4.69, 9.17) is 15.5 Å². The second kappa shape index (κ2) is 6.14. The van der Waals surface area contributed by atoms with Crippen molar-refractivity contribution in [1.29, 1.82) is 0 Å². The van der Waals surface area contributed by atoms with Crippen LogP contribution in [-0.2, 0) is 18.0 Å². The summed E-state index contributed by atoms with van der Waals surface area (Å²) in [4.78, 5) is 11.4. The Kier molecular flexibility index (Phi) is 4.52. The number of hydrogen-bond donors (Lipinski definition) is 4. The van der Waals surface area contributed by atoms with Crippen LogP contribution in [0.5, 0.6) is 0 Å². The Bertz CT molecular complexity index is 438. The van der Waals surface area contributed by atoms with Gasteiger partial charge in [0.05, 0.1) is 12.3 Å². The molecule has 1 heterocycles. The van der Waals surface area contributed by atoms with Crippen LogP contribution < -0.4 is 11.3 Å². The van der Waals surface area contributed by atoms with Gasteiger partial charge in [0.2, 0.25) is 5.91 Å². The molecule has 1 fully saturated rings. The van der Waals surface area contributed by atoms with E-state index in [9.17, 15) is 9.90 Å². The van der Waals surface area contributed by atoms with Crippen LogP contribution in [0.2, 0.25) is 0 Å². The van der Waals surface area contributed by atoms with Gasteiger partial charge in [-0.15, -0.1) is 0 Å². The van der Waals surface area contributed by atoms with E-state index in [1.165, 1.54) is 0 Å². The molecule has 1 aliphatic carbocycles. The molecule has 1 aliphatic rings. The number of carbonyl (C=O) groups is 1. The first-order valence-electron chi connectivity index (χ1n) is 6.40. The Balaban J connectivity index is 2.05. The molecule has 0 atom stereocenters. The maximum Gasteiger partial charge on any atom is 0.236 e. The van der Waals surface area contributed by atoms with Crippen LogP contribution in [0, 0.1) is 5.92 Å². The monoisotopic (exact) mass is 269 g/mol. The molecule has 5 N–H and O–H groups in total. The molecular weight excluding hydrogens is 250 g/mol. The maximum atomic E-state index is 11.4. The zero-order valence-corrected chi connectivity index (χ0v) is 10.6. The minimum absolute atomic E-state index is 0.0527. The van der Waals surface area contributed by atoms with Gasteiger partial charge in [-0.2, -0.15) is 0 Å². The Morgan fingerprint density at radius 1 is 1.32 bits per heavy atom. The fourth-order valence-electron chi connectivity index (χ4n) is 2.72. The summed E-state index contributed by atoms with van der Waals surface area (Å²) in [6.07, 6.45) is 3.06. The lowest BCUT2D eigenvalue weighted by molar-refractivity contribution is -0.126. The zero-order valence-electron chi connectivity index (χ0n) is 10.6. The van der Waals surface area contributed by atoms with Crippen LogP contribution in [0.3, 0.4) is 0 Å². The van der Waals surface area contributed by atoms with E-state index in [1.54, 1.807) is 0 Å². The number of nitrogens with zero attached hydrogens (tertiary/aromatic N) is 1. The van der Waals surface area contributed by atoms with E-state index in [0.29, 0.717) is 17.0 Å². The molecule has 1 amide bonds. The van der Waals surface area contributed by atoms with Crippen LogP contribution in [0.15, 0.2) is 4.52 Å². The van der Waals surface area contributed by atoms with Crippen molar-refractivity contribution in [2.45, 2.75) is 44.8 Å². The highest BCUT2D eigenvalue weighted by Gasteiger charge is 2.30. The van der Waals surface area contributed by atoms with Crippen molar-refractivity contribution >= 4 is 5.91 Å². The lowest BCUT2D eigenvalue weighted by atomic mass is 9.79. The Labute approximate surface area is 110 Å². The van der Waals surface area contributed by atoms with Crippen molar-refractivity contribution in [3.63, 3.8) is 0 Å². The number of carbonyl (C=O) groups excluding carboxylic acids is 1. The average molecular weight is 269 g/mol. The van der Waals surface area contributed by atoms with Gasteiger partial charge in [0.25, 0.3) is 0 Å². The minimum Gasteiger partial charge on any atom is -0.391 e. The first-order chi connectivity index (χ1) is 9.21. The van der Waals surface area contributed by atoms with Gasteiger partial charge in [-0.3, -0.25) is 10.2 Å². The summed E-state index contributed by atoms with van der Waals surface area (Å²) in [5.74, 6) is 5.43. The lowest BCUT2D eigenvalue weighted by Gasteiger charge is -2.26. The second-order valence-electron chi connectivity index (χ2n) is 4.84. The second-order valence-corrected chi connectivity index (χ2v) is 4.84. The molecule has 0 radical (unpaired) electrons. The van der Waals surface area contributed by atoms with Gasteiger partial charge < -0.3 is 14.7 Å². The predicted octanol–water partition coefficient (Wildman–Crippen LogP) is -0.0771. The van der Waals surface area contributed by atoms with Gasteiger partial charge in [0.1, 0.15) is 6.61 Å². The molecule has 1 aromatic heterocycles. The van der Waals surface area contributed by atoms with E-state index in [-0.39, 0.29) is 31.0 Å². The topological polar surface area (TPSA) is 122 Å². The molecule has 0 bridgehead atoms. The van der Waals surface area contributed by atoms with Crippen molar-refractivity contribution in [2.24, 2.45) is 11.8 Å². The lowest BCUT2D eigenvalue weighted by Crippen LogP contribution is -2.37. The number of nitrogens with two attached hydrogens (primary N) is 1. The molecule has 0 saturated heterocycles. The van der Waals surface area contributed by atoms with Crippen LogP contribution in [0.1, 0.15) is 48.6 Å². The van der Waals surface area contributed by atoms with Crippen molar-refractivity contribution in [3.8, 4) is 0 Å². The number of aromatic nitrogens is 1. The average Bonchev–Trinajstić information content (AvgIpc) is 2.89. The molecule has 19 heavy (non-hydrogen) atoms. The predicted molar refractivity (Wildman–Crippen MR) is 65.4 cm³/mol. The highest BCUT2D eigenvalue weighted by atomic mass is 16.5. The van der Waals surface area contributed by atoms with E-state index in [1.807, 2.05) is 0 Å². The third kappa shape index (κ3) is 2.78. The van der Waals surface area contributed by atoms with Crippen LogP contribution in [0.4, 0.5) is 0 Å². The van der Waals surface area contributed by atoms with E-state index in [0.717, 1.165) is 25.7 Å². The molecule has 2 rings (SSSR count). The summed E-state index contributed by atoms with van der Waals surface area (Å²) in [7, 11) is 0. The van der Waals surface area contributed by atoms with Crippen LogP contribution in [0.25, 0.3) is 0 Å². The van der Waals surface area contributed by atoms with Crippen molar-refractivity contribution < 1.29 is 19.5 Å². The SMILES string of the molecule is NNC(=O)[C@H]1CC[C@H](c2noc(CO)c2CO)CC1. The highest BCUT2D eigenvalue weighted by Crippen LogP contribution is 2.37. The van der Waals surface area contributed by atoms with E-state index >= 15 is 0 Å². The van der Waals surface area contributed by atoms with Crippen LogP contribution in [-0.4, -0.2) is 21.3 Å². The smallest absolute Gasteiger partial charge is 0.236 e. The molecule has 0 unspecified atom stereocenters. The first-order valence-corrected chi connectivity index (χ1v) is 6.40. The van der Waals surface area contributed by atoms with E-state index < -0.39 is 0 Å². The van der Waals surface area contributed by atoms with Gasteiger partial charge in [-0.25, -0.2) is 5.84 Å². The molecule has 0 aromatic carbocycles. The number of amides is 1. The van der Waals surface area contributed by atoms with Gasteiger partial charge in [0.15, 0.2) is 5.76 Å². The summed E-state index contributed by atoms with van der Waals surface area (Å²) < 4.78 is 5.03. The normalized spacial score (nSPS) is 23.3. The molecule has 7 heteroatoms. The van der Waals surface area contributed by atoms with Crippen molar-refractivity contribution in [3.05, 3.63) is 17.0 Å². The number of aliphatic hydroxyl groups excluding tert-OH is 2. The summed E-state index contributed by atoms with van der Waals surface area (Å²) in [5, 5.41) is 22.4. The summed E-state index contributed by atoms with van der Waals surface area (Å²) >= 11 is 0. The third-order valence-corrected chi connectivity index (χ3v) is 3.83. The van der Waals surface area contributed by atoms with Gasteiger partial charge in [-0.1, -0.05) is 5.16 Å². The quantitative estimate of drug-likeness (QED) is 0.344. The fourth-order valence-corrected chi connectivity index (χ4v) is 2.72. The molecule has 1 aromatic rings. The van der Waals surface area contributed by atoms with Crippen molar-refractivity contribution in [1.82, 2.24) is 10.6 Å². The number of nitrogens with one attached hydrogen (secondary N) is 1. The van der Waals surface area contributed by atoms with Gasteiger partial charge in [-0.05, 0) is 25.7 Å². The molecule has 0 aliphatic heterocycles. The Hall–Kier alpha value is -1.44. The summed E-state index contributed by atoms with van der Waals surface area (Å²) in [6, 6.07) is 0. The standard InChI is InChI=1S/C12H19N3O4/c13-14-12(18)8-3-1-7(2-4-8)11-9(5-16)10(6-17)19-15-11/h7-8,16-17H,1-6,13H2,(H,14,18)/t7-,8-. The maximum absolute atomic E-state index is 11.4. The number of rotatable bonds is 4. The largest absolute Gasteiger partial charge is 0.391 e. The molecule has 1 saturated carbocycles. The number of hydrogen-bond acceptors (Lipinski definition) is 6. The van der Waals surface area contributed by atoms with Gasteiger partial charge in [0, 0.05) is 17.4 Å². The Morgan fingerprint density at radius 2 is 2.00 bits per heavy atom. The van der Waals surface area contributed by atoms with E-state index in [2.05, 4.69) is 10.6 Å². The van der Waals surface area contributed by atoms with Crippen molar-refractivity contribution in [2.75, 3.05) is 0 Å². The highest BCUT2D eigenvalue weighted by molar-refractivity contribution is 5.78. The summed E-state index contributed by atoms with van der Waals surface area (Å²) in [6.45, 7) is -0.467. The molecule has 0 spiro atoms. The van der Waals surface area contributed by atoms with Crippen LogP contribution >= 0.6 is 0 Å². The fraction of sp³-hybridized carbons (Fsp3) is 0.667. The van der Waals surface area contributed by atoms with Gasteiger partial charge >= 0.3 is 0 Å². The molecular formula is C12H19N3O4. The number of hydrazine groups is 1. The molecule has 106 valence electrons. The Morgan fingerprint density at radius 3 is 2.53 bits per heavy atom. The zero-order chi connectivity index (χ0) is 13.8. The minimum atomic E-state index is -0.270. The summed E-state index contributed by atoms with van der Waals surface area (Å²) in [5.41, 5.74) is 3.46. The number of aliphatic hydroxyl groups is 2.